The van der Waals surface area contributed by atoms with E-state index in [0.717, 1.165) is 0 Å². The van der Waals surface area contributed by atoms with E-state index in [1.807, 2.05) is 6.92 Å². The lowest BCUT2D eigenvalue weighted by atomic mass is 10.0. The topological polar surface area (TPSA) is 15.3 Å². The molecule has 0 bridgehead atoms. The fraction of sp³-hybridized carbons (Fsp3) is 0.600. The summed E-state index contributed by atoms with van der Waals surface area (Å²) >= 11 is 0. The molecular formula is C15H22F4N2. The highest BCUT2D eigenvalue weighted by atomic mass is 19.4. The zero-order chi connectivity index (χ0) is 15.9. The first kappa shape index (κ1) is 17.9. The van der Waals surface area contributed by atoms with Crippen molar-refractivity contribution < 1.29 is 17.6 Å². The van der Waals surface area contributed by atoms with E-state index in [0.29, 0.717) is 24.9 Å². The first-order chi connectivity index (χ1) is 9.87. The van der Waals surface area contributed by atoms with Crippen molar-refractivity contribution in [3.05, 3.63) is 35.6 Å². The Labute approximate surface area is 123 Å². The van der Waals surface area contributed by atoms with Crippen molar-refractivity contribution in [1.29, 1.82) is 0 Å². The summed E-state index contributed by atoms with van der Waals surface area (Å²) in [4.78, 5) is 1.37. The van der Waals surface area contributed by atoms with Gasteiger partial charge in [0.15, 0.2) is 0 Å². The lowest BCUT2D eigenvalue weighted by Gasteiger charge is -2.26. The summed E-state index contributed by atoms with van der Waals surface area (Å²) in [5.74, 6) is -0.338. The third kappa shape index (κ3) is 6.44. The van der Waals surface area contributed by atoms with Gasteiger partial charge >= 0.3 is 6.18 Å². The molecule has 0 radical (unpaired) electrons. The highest BCUT2D eigenvalue weighted by molar-refractivity contribution is 5.21. The standard InChI is InChI=1S/C15H22F4N2/c1-3-9-21(11-15(17,18)19)10-8-14(20-2)12-6-4-5-7-13(12)16/h4-7,14,20H,3,8-11H2,1-2H3. The smallest absolute Gasteiger partial charge is 0.313 e. The van der Waals surface area contributed by atoms with Crippen LogP contribution in [0, 0.1) is 5.82 Å². The van der Waals surface area contributed by atoms with Gasteiger partial charge in [0.05, 0.1) is 6.54 Å². The van der Waals surface area contributed by atoms with E-state index >= 15 is 0 Å². The van der Waals surface area contributed by atoms with E-state index in [2.05, 4.69) is 5.32 Å². The number of halogens is 4. The van der Waals surface area contributed by atoms with Crippen molar-refractivity contribution in [2.75, 3.05) is 26.7 Å². The van der Waals surface area contributed by atoms with Crippen molar-refractivity contribution >= 4 is 0 Å². The normalized spacial score (nSPS) is 13.7. The molecule has 21 heavy (non-hydrogen) atoms. The Bertz CT molecular complexity index is 420. The molecule has 1 rings (SSSR count). The van der Waals surface area contributed by atoms with Crippen LogP contribution >= 0.6 is 0 Å². The third-order valence-corrected chi connectivity index (χ3v) is 3.31. The highest BCUT2D eigenvalue weighted by Crippen LogP contribution is 2.22. The van der Waals surface area contributed by atoms with Gasteiger partial charge < -0.3 is 5.32 Å². The second-order valence-corrected chi connectivity index (χ2v) is 5.04. The van der Waals surface area contributed by atoms with Crippen molar-refractivity contribution in [1.82, 2.24) is 10.2 Å². The minimum atomic E-state index is -4.21. The van der Waals surface area contributed by atoms with Gasteiger partial charge in [0.25, 0.3) is 0 Å². The van der Waals surface area contributed by atoms with Gasteiger partial charge in [-0.15, -0.1) is 0 Å². The summed E-state index contributed by atoms with van der Waals surface area (Å²) < 4.78 is 51.3. The van der Waals surface area contributed by atoms with Crippen LogP contribution in [0.1, 0.15) is 31.4 Å². The van der Waals surface area contributed by atoms with Gasteiger partial charge in [-0.1, -0.05) is 25.1 Å². The molecule has 0 heterocycles. The van der Waals surface area contributed by atoms with Crippen molar-refractivity contribution in [3.63, 3.8) is 0 Å². The van der Waals surface area contributed by atoms with Crippen LogP contribution in [0.4, 0.5) is 17.6 Å². The predicted molar refractivity (Wildman–Crippen MR) is 75.6 cm³/mol. The number of nitrogens with one attached hydrogen (secondary N) is 1. The van der Waals surface area contributed by atoms with E-state index < -0.39 is 12.7 Å². The Morgan fingerprint density at radius 1 is 1.19 bits per heavy atom. The predicted octanol–water partition coefficient (Wildman–Crippen LogP) is 3.75. The minimum Gasteiger partial charge on any atom is -0.313 e. The third-order valence-electron chi connectivity index (χ3n) is 3.31. The molecule has 6 heteroatoms. The van der Waals surface area contributed by atoms with E-state index in [1.165, 1.54) is 11.0 Å². The first-order valence-corrected chi connectivity index (χ1v) is 7.08. The van der Waals surface area contributed by atoms with Gasteiger partial charge in [-0.25, -0.2) is 4.39 Å². The van der Waals surface area contributed by atoms with Crippen LogP contribution in [-0.4, -0.2) is 37.8 Å². The summed E-state index contributed by atoms with van der Waals surface area (Å²) in [5, 5.41) is 2.97. The van der Waals surface area contributed by atoms with Crippen molar-refractivity contribution in [2.45, 2.75) is 32.0 Å². The van der Waals surface area contributed by atoms with Gasteiger partial charge in [0.2, 0.25) is 0 Å². The van der Waals surface area contributed by atoms with Crippen LogP contribution < -0.4 is 5.32 Å². The molecule has 0 aromatic heterocycles. The van der Waals surface area contributed by atoms with Gasteiger partial charge in [-0.2, -0.15) is 13.2 Å². The van der Waals surface area contributed by atoms with Gasteiger partial charge in [-0.3, -0.25) is 4.90 Å². The highest BCUT2D eigenvalue weighted by Gasteiger charge is 2.30. The van der Waals surface area contributed by atoms with E-state index in [9.17, 15) is 17.6 Å². The average molecular weight is 306 g/mol. The SMILES string of the molecule is CCCN(CCC(NC)c1ccccc1F)CC(F)(F)F. The second-order valence-electron chi connectivity index (χ2n) is 5.04. The van der Waals surface area contributed by atoms with E-state index in [-0.39, 0.29) is 18.4 Å². The quantitative estimate of drug-likeness (QED) is 0.736. The number of hydrogen-bond donors (Lipinski definition) is 1. The molecule has 1 unspecified atom stereocenters. The molecule has 1 N–H and O–H groups in total. The summed E-state index contributed by atoms with van der Waals surface area (Å²) in [6, 6.07) is 6.05. The summed E-state index contributed by atoms with van der Waals surface area (Å²) in [6.07, 6.45) is -3.13. The molecule has 1 atom stereocenters. The van der Waals surface area contributed by atoms with Gasteiger partial charge in [0, 0.05) is 18.2 Å². The molecule has 0 saturated heterocycles. The Morgan fingerprint density at radius 2 is 1.86 bits per heavy atom. The fourth-order valence-electron chi connectivity index (χ4n) is 2.36. The van der Waals surface area contributed by atoms with Crippen LogP contribution in [0.15, 0.2) is 24.3 Å². The number of alkyl halides is 3. The fourth-order valence-corrected chi connectivity index (χ4v) is 2.36. The molecule has 0 fully saturated rings. The lowest BCUT2D eigenvalue weighted by Crippen LogP contribution is -2.37. The zero-order valence-corrected chi connectivity index (χ0v) is 12.4. The number of nitrogens with zero attached hydrogens (tertiary/aromatic N) is 1. The molecule has 0 saturated carbocycles. The molecule has 120 valence electrons. The summed E-state index contributed by atoms with van der Waals surface area (Å²) in [5.41, 5.74) is 0.489. The Kier molecular flexibility index (Phi) is 7.11. The summed E-state index contributed by atoms with van der Waals surface area (Å²) in [6.45, 7) is 1.57. The Hall–Kier alpha value is -1.14. The van der Waals surface area contributed by atoms with E-state index in [1.54, 1.807) is 25.2 Å². The maximum Gasteiger partial charge on any atom is 0.401 e. The average Bonchev–Trinajstić information content (AvgIpc) is 2.39. The van der Waals surface area contributed by atoms with Crippen LogP contribution in [0.3, 0.4) is 0 Å². The van der Waals surface area contributed by atoms with Crippen LogP contribution in [0.2, 0.25) is 0 Å². The Balaban J connectivity index is 2.66. The lowest BCUT2D eigenvalue weighted by molar-refractivity contribution is -0.146. The monoisotopic (exact) mass is 306 g/mol. The number of hydrogen-bond acceptors (Lipinski definition) is 2. The molecule has 2 nitrogen and oxygen atoms in total. The molecule has 1 aromatic rings. The molecule has 0 aliphatic heterocycles. The van der Waals surface area contributed by atoms with Gasteiger partial charge in [-0.05, 0) is 32.5 Å². The molecule has 1 aromatic carbocycles. The molecule has 0 aliphatic rings. The minimum absolute atomic E-state index is 0.271. The van der Waals surface area contributed by atoms with Crippen LogP contribution in [0.5, 0.6) is 0 Å². The first-order valence-electron chi connectivity index (χ1n) is 7.08. The maximum atomic E-state index is 13.7. The summed E-state index contributed by atoms with van der Waals surface area (Å²) in [7, 11) is 1.69. The molecule has 0 aliphatic carbocycles. The second kappa shape index (κ2) is 8.34. The van der Waals surface area contributed by atoms with Crippen molar-refractivity contribution in [3.8, 4) is 0 Å². The number of benzene rings is 1. The number of rotatable bonds is 8. The van der Waals surface area contributed by atoms with Crippen LogP contribution in [-0.2, 0) is 0 Å². The molecule has 0 spiro atoms. The maximum absolute atomic E-state index is 13.7. The van der Waals surface area contributed by atoms with E-state index in [4.69, 9.17) is 0 Å². The zero-order valence-electron chi connectivity index (χ0n) is 12.4. The van der Waals surface area contributed by atoms with Gasteiger partial charge in [0.1, 0.15) is 5.82 Å². The van der Waals surface area contributed by atoms with Crippen molar-refractivity contribution in [2.24, 2.45) is 0 Å². The molecular weight excluding hydrogens is 284 g/mol. The largest absolute Gasteiger partial charge is 0.401 e. The molecule has 0 amide bonds. The van der Waals surface area contributed by atoms with Crippen LogP contribution in [0.25, 0.3) is 0 Å². The Morgan fingerprint density at radius 3 is 2.38 bits per heavy atom.